The van der Waals surface area contributed by atoms with Crippen LogP contribution in [0.2, 0.25) is 0 Å². The fourth-order valence-electron chi connectivity index (χ4n) is 11.7. The number of pyridine rings is 4. The minimum atomic E-state index is 0.533. The van der Waals surface area contributed by atoms with Crippen LogP contribution in [0.4, 0.5) is 0 Å². The molecule has 0 bridgehead atoms. The molecule has 0 unspecified atom stereocenters. The molecule has 0 aliphatic rings. The summed E-state index contributed by atoms with van der Waals surface area (Å²) in [4.78, 5) is 49.3. The van der Waals surface area contributed by atoms with Crippen LogP contribution < -0.4 is 0 Å². The third-order valence-corrected chi connectivity index (χ3v) is 16.4. The first kappa shape index (κ1) is 54.7. The van der Waals surface area contributed by atoms with E-state index in [0.29, 0.717) is 46.3 Å². The molecule has 0 atom stereocenters. The molecule has 0 saturated heterocycles. The van der Waals surface area contributed by atoms with Gasteiger partial charge in [-0.3, -0.25) is 0 Å². The summed E-state index contributed by atoms with van der Waals surface area (Å²) in [5.41, 5.74) is 17.2. The van der Waals surface area contributed by atoms with Crippen molar-refractivity contribution in [2.75, 3.05) is 0 Å². The van der Waals surface area contributed by atoms with Crippen LogP contribution in [-0.2, 0) is 0 Å². The van der Waals surface area contributed by atoms with Crippen molar-refractivity contribution < 1.29 is 0 Å². The van der Waals surface area contributed by atoms with E-state index in [0.717, 1.165) is 111 Å². The van der Waals surface area contributed by atoms with Gasteiger partial charge in [0, 0.05) is 54.9 Å². The van der Waals surface area contributed by atoms with Crippen molar-refractivity contribution in [2.45, 2.75) is 0 Å². The first-order valence-electron chi connectivity index (χ1n) is 30.4. The van der Waals surface area contributed by atoms with Gasteiger partial charge in [-0.25, -0.2) is 49.8 Å². The Kier molecular flexibility index (Phi) is 14.4. The van der Waals surface area contributed by atoms with E-state index in [4.69, 9.17) is 49.8 Å². The van der Waals surface area contributed by atoms with E-state index in [2.05, 4.69) is 164 Å². The first-order valence-corrected chi connectivity index (χ1v) is 30.4. The lowest BCUT2D eigenvalue weighted by atomic mass is 9.99. The standard InChI is InChI=1S/C43H27N5.C39H25N5/c1-3-11-31(12-4-1)41-46-42(32-13-5-2-6-14-32)48-43(47-41)38-25-23-30-19-21-34(27-40(30)45-38)33-20-18-29-22-24-37(44-39(29)26-33)36-17-9-15-28-10-7-8-16-35(28)36;1-4-10-26(11-5-1)33-22-20-27-16-18-31(24-35(27)40-33)32-19-17-28-21-23-34(41-36(28)25-32)39-43-37(29-12-6-2-7-13-29)42-38(44-39)30-14-8-3-9-15-30/h1-27H;1-25H. The van der Waals surface area contributed by atoms with Crippen molar-refractivity contribution >= 4 is 54.4 Å². The van der Waals surface area contributed by atoms with E-state index < -0.39 is 0 Å². The van der Waals surface area contributed by atoms with Crippen LogP contribution in [0.3, 0.4) is 0 Å². The average Bonchev–Trinajstić information content (AvgIpc) is 0.870. The van der Waals surface area contributed by atoms with Gasteiger partial charge in [-0.05, 0) is 81.6 Å². The van der Waals surface area contributed by atoms with Crippen molar-refractivity contribution in [3.63, 3.8) is 0 Å². The summed E-state index contributed by atoms with van der Waals surface area (Å²) in [5, 5.41) is 6.70. The molecule has 0 amide bonds. The smallest absolute Gasteiger partial charge is 0.182 e. The van der Waals surface area contributed by atoms with E-state index in [-0.39, 0.29) is 0 Å². The molecule has 17 rings (SSSR count). The Morgan fingerprint density at radius 1 is 0.152 bits per heavy atom. The molecule has 10 nitrogen and oxygen atoms in total. The Morgan fingerprint density at radius 2 is 0.435 bits per heavy atom. The topological polar surface area (TPSA) is 129 Å². The number of hydrogen-bond donors (Lipinski definition) is 0. The maximum atomic E-state index is 5.13. The van der Waals surface area contributed by atoms with E-state index >= 15 is 0 Å². The van der Waals surface area contributed by atoms with Crippen LogP contribution in [0, 0.1) is 0 Å². The predicted octanol–water partition coefficient (Wildman–Crippen LogP) is 19.8. The van der Waals surface area contributed by atoms with Gasteiger partial charge in [-0.1, -0.05) is 267 Å². The summed E-state index contributed by atoms with van der Waals surface area (Å²) < 4.78 is 0. The second-order valence-electron chi connectivity index (χ2n) is 22.4. The molecule has 6 heterocycles. The zero-order chi connectivity index (χ0) is 61.2. The molecule has 0 aliphatic carbocycles. The van der Waals surface area contributed by atoms with Crippen LogP contribution in [0.15, 0.2) is 315 Å². The van der Waals surface area contributed by atoms with E-state index in [9.17, 15) is 0 Å². The van der Waals surface area contributed by atoms with Gasteiger partial charge >= 0.3 is 0 Å². The summed E-state index contributed by atoms with van der Waals surface area (Å²) in [6, 6.07) is 107. The highest BCUT2D eigenvalue weighted by atomic mass is 15.1. The first-order chi connectivity index (χ1) is 45.5. The number of rotatable bonds is 10. The van der Waals surface area contributed by atoms with Gasteiger partial charge in [0.2, 0.25) is 0 Å². The predicted molar refractivity (Wildman–Crippen MR) is 373 cm³/mol. The third kappa shape index (κ3) is 11.2. The zero-order valence-corrected chi connectivity index (χ0v) is 49.5. The van der Waals surface area contributed by atoms with Gasteiger partial charge in [0.15, 0.2) is 34.9 Å². The fraction of sp³-hybridized carbons (Fsp3) is 0. The van der Waals surface area contributed by atoms with Crippen LogP contribution in [0.25, 0.3) is 168 Å². The molecule has 0 spiro atoms. The highest BCUT2D eigenvalue weighted by molar-refractivity contribution is 5.98. The largest absolute Gasteiger partial charge is 0.248 e. The number of aromatic nitrogens is 10. The fourth-order valence-corrected chi connectivity index (χ4v) is 11.7. The SMILES string of the molecule is c1ccc(-c2ccc3ccc(-c4ccc5ccc(-c6nc(-c7ccccc7)nc(-c7ccccc7)n6)nc5c4)cc3n2)cc1.c1ccc(-c2nc(-c3ccccc3)nc(-c3ccc4ccc(-c5ccc6ccc(-c7cccc8ccccc78)nc6c5)cc4n3)n2)cc1. The lowest BCUT2D eigenvalue weighted by molar-refractivity contribution is 1.06. The molecule has 10 heteroatoms. The van der Waals surface area contributed by atoms with Gasteiger partial charge < -0.3 is 0 Å². The number of nitrogens with zero attached hydrogens (tertiary/aromatic N) is 10. The Morgan fingerprint density at radius 3 is 0.826 bits per heavy atom. The monoisotopic (exact) mass is 1180 g/mol. The maximum Gasteiger partial charge on any atom is 0.182 e. The van der Waals surface area contributed by atoms with Crippen molar-refractivity contribution in [1.82, 2.24) is 49.8 Å². The second kappa shape index (κ2) is 24.1. The van der Waals surface area contributed by atoms with Crippen molar-refractivity contribution in [1.29, 1.82) is 0 Å². The van der Waals surface area contributed by atoms with E-state index in [1.165, 1.54) is 10.8 Å². The molecule has 92 heavy (non-hydrogen) atoms. The summed E-state index contributed by atoms with van der Waals surface area (Å²) >= 11 is 0. The molecule has 430 valence electrons. The van der Waals surface area contributed by atoms with Crippen molar-refractivity contribution in [2.24, 2.45) is 0 Å². The van der Waals surface area contributed by atoms with Crippen molar-refractivity contribution in [3.05, 3.63) is 315 Å². The van der Waals surface area contributed by atoms with E-state index in [1.54, 1.807) is 0 Å². The molecule has 0 aliphatic heterocycles. The summed E-state index contributed by atoms with van der Waals surface area (Å²) in [7, 11) is 0. The zero-order valence-electron chi connectivity index (χ0n) is 49.5. The lowest BCUT2D eigenvalue weighted by Crippen LogP contribution is -2.01. The Labute approximate surface area is 530 Å². The molecule has 0 saturated carbocycles. The summed E-state index contributed by atoms with van der Waals surface area (Å²) in [6.45, 7) is 0. The Bertz CT molecular complexity index is 5460. The molecular weight excluding hydrogens is 1120 g/mol. The molecule has 0 radical (unpaired) electrons. The number of fused-ring (bicyclic) bond motifs is 5. The normalized spacial score (nSPS) is 11.3. The molecular formula is C82H52N10. The van der Waals surface area contributed by atoms with Gasteiger partial charge in [0.25, 0.3) is 0 Å². The maximum absolute atomic E-state index is 5.13. The molecule has 0 N–H and O–H groups in total. The van der Waals surface area contributed by atoms with Crippen LogP contribution in [0.1, 0.15) is 0 Å². The highest BCUT2D eigenvalue weighted by Gasteiger charge is 2.17. The third-order valence-electron chi connectivity index (χ3n) is 16.4. The molecule has 17 aromatic rings. The number of benzene rings is 11. The highest BCUT2D eigenvalue weighted by Crippen LogP contribution is 2.35. The number of hydrogen-bond acceptors (Lipinski definition) is 10. The van der Waals surface area contributed by atoms with Crippen LogP contribution in [0.5, 0.6) is 0 Å². The lowest BCUT2D eigenvalue weighted by Gasteiger charge is -2.10. The Balaban J connectivity index is 0.000000147. The van der Waals surface area contributed by atoms with Gasteiger partial charge in [0.1, 0.15) is 11.4 Å². The molecule has 11 aromatic carbocycles. The summed E-state index contributed by atoms with van der Waals surface area (Å²) in [5.74, 6) is 3.52. The minimum absolute atomic E-state index is 0.533. The van der Waals surface area contributed by atoms with Gasteiger partial charge in [0.05, 0.1) is 33.5 Å². The molecule has 6 aromatic heterocycles. The van der Waals surface area contributed by atoms with Crippen LogP contribution in [-0.4, -0.2) is 49.8 Å². The average molecular weight is 1180 g/mol. The van der Waals surface area contributed by atoms with Crippen molar-refractivity contribution in [3.8, 4) is 113 Å². The molecule has 0 fully saturated rings. The van der Waals surface area contributed by atoms with Gasteiger partial charge in [-0.15, -0.1) is 0 Å². The second-order valence-corrected chi connectivity index (χ2v) is 22.4. The van der Waals surface area contributed by atoms with Crippen LogP contribution >= 0.6 is 0 Å². The Hall–Kier alpha value is -12.7. The van der Waals surface area contributed by atoms with Gasteiger partial charge in [-0.2, -0.15) is 0 Å². The quantitative estimate of drug-likeness (QED) is 0.130. The van der Waals surface area contributed by atoms with E-state index in [1.807, 2.05) is 152 Å². The summed E-state index contributed by atoms with van der Waals surface area (Å²) in [6.07, 6.45) is 0. The minimum Gasteiger partial charge on any atom is -0.248 e.